The second kappa shape index (κ2) is 8.73. The number of ether oxygens (including phenoxy) is 2. The number of morpholine rings is 1. The number of carbonyl (C=O) groups is 2. The molecule has 2 heterocycles. The summed E-state index contributed by atoms with van der Waals surface area (Å²) >= 11 is 0. The molecule has 2 fully saturated rings. The van der Waals surface area contributed by atoms with Crippen molar-refractivity contribution in [2.75, 3.05) is 19.8 Å². The Hall–Kier alpha value is -3.44. The Morgan fingerprint density at radius 3 is 1.97 bits per heavy atom. The van der Waals surface area contributed by atoms with Crippen molar-refractivity contribution in [3.05, 3.63) is 95.6 Å². The lowest BCUT2D eigenvalue weighted by Gasteiger charge is -2.47. The molecule has 0 radical (unpaired) electrons. The van der Waals surface area contributed by atoms with E-state index in [-0.39, 0.29) is 35.8 Å². The normalized spacial score (nSPS) is 23.2. The van der Waals surface area contributed by atoms with Crippen molar-refractivity contribution in [2.24, 2.45) is 5.92 Å². The molecule has 2 aliphatic heterocycles. The summed E-state index contributed by atoms with van der Waals surface area (Å²) in [7, 11) is 0. The molecule has 0 aromatic heterocycles. The second-order valence-electron chi connectivity index (χ2n) is 9.45. The van der Waals surface area contributed by atoms with Gasteiger partial charge in [-0.1, -0.05) is 78.9 Å². The fourth-order valence-electron chi connectivity index (χ4n) is 5.93. The first-order valence-electron chi connectivity index (χ1n) is 12.0. The van der Waals surface area contributed by atoms with Gasteiger partial charge in [-0.3, -0.25) is 9.69 Å². The van der Waals surface area contributed by atoms with E-state index < -0.39 is 0 Å². The molecule has 34 heavy (non-hydrogen) atoms. The first-order chi connectivity index (χ1) is 16.7. The van der Waals surface area contributed by atoms with Crippen LogP contribution in [0.5, 0.6) is 0 Å². The van der Waals surface area contributed by atoms with Crippen LogP contribution in [0.4, 0.5) is 4.79 Å². The molecule has 172 valence electrons. The van der Waals surface area contributed by atoms with Crippen molar-refractivity contribution in [3.8, 4) is 11.1 Å². The number of carbonyl (C=O) groups excluding carboxylic acids is 2. The minimum Gasteiger partial charge on any atom is -0.448 e. The van der Waals surface area contributed by atoms with E-state index in [2.05, 4.69) is 24.3 Å². The number of nitrogens with zero attached hydrogens (tertiary/aromatic N) is 1. The van der Waals surface area contributed by atoms with Crippen LogP contribution in [0.25, 0.3) is 11.1 Å². The monoisotopic (exact) mass is 453 g/mol. The highest BCUT2D eigenvalue weighted by Crippen LogP contribution is 2.44. The maximum atomic E-state index is 13.3. The van der Waals surface area contributed by atoms with Crippen molar-refractivity contribution in [2.45, 2.75) is 30.8 Å². The van der Waals surface area contributed by atoms with Crippen LogP contribution in [0.15, 0.2) is 78.9 Å². The molecule has 3 aromatic carbocycles. The lowest BCUT2D eigenvalue weighted by molar-refractivity contribution is -0.0747. The van der Waals surface area contributed by atoms with Gasteiger partial charge >= 0.3 is 6.09 Å². The molecule has 3 aliphatic rings. The largest absolute Gasteiger partial charge is 0.448 e. The van der Waals surface area contributed by atoms with Gasteiger partial charge in [-0.05, 0) is 35.1 Å². The molecule has 6 rings (SSSR count). The van der Waals surface area contributed by atoms with Crippen molar-refractivity contribution >= 4 is 11.9 Å². The third-order valence-corrected chi connectivity index (χ3v) is 7.50. The van der Waals surface area contributed by atoms with Gasteiger partial charge in [0.15, 0.2) is 5.78 Å². The van der Waals surface area contributed by atoms with Crippen molar-refractivity contribution in [3.63, 3.8) is 0 Å². The van der Waals surface area contributed by atoms with Gasteiger partial charge < -0.3 is 9.47 Å². The van der Waals surface area contributed by atoms with E-state index in [1.54, 1.807) is 0 Å². The Bertz CT molecular complexity index is 1160. The maximum absolute atomic E-state index is 13.3. The maximum Gasteiger partial charge on any atom is 0.410 e. The molecule has 2 bridgehead atoms. The Labute approximate surface area is 199 Å². The van der Waals surface area contributed by atoms with Gasteiger partial charge in [0, 0.05) is 17.4 Å². The van der Waals surface area contributed by atoms with E-state index in [0.29, 0.717) is 32.7 Å². The van der Waals surface area contributed by atoms with Gasteiger partial charge in [-0.25, -0.2) is 4.79 Å². The average molecular weight is 454 g/mol. The minimum atomic E-state index is -0.300. The molecule has 2 saturated heterocycles. The third kappa shape index (κ3) is 3.61. The predicted octanol–water partition coefficient (Wildman–Crippen LogP) is 5.30. The number of ketones is 1. The number of rotatable bonds is 4. The lowest BCUT2D eigenvalue weighted by atomic mass is 9.81. The van der Waals surface area contributed by atoms with E-state index in [9.17, 15) is 9.59 Å². The summed E-state index contributed by atoms with van der Waals surface area (Å²) in [5, 5.41) is 0. The first-order valence-corrected chi connectivity index (χ1v) is 12.0. The summed E-state index contributed by atoms with van der Waals surface area (Å²) in [5.41, 5.74) is 5.56. The fourth-order valence-corrected chi connectivity index (χ4v) is 5.93. The summed E-state index contributed by atoms with van der Waals surface area (Å²) in [4.78, 5) is 28.2. The molecule has 2 atom stereocenters. The SMILES string of the molecule is O=C(c1ccccc1)C1CC2COCC(C1)N2C(=O)OCC1c2ccccc2-c2ccccc21. The van der Waals surface area contributed by atoms with E-state index in [0.717, 1.165) is 5.56 Å². The molecule has 0 spiro atoms. The molecule has 1 aliphatic carbocycles. The topological polar surface area (TPSA) is 55.8 Å². The van der Waals surface area contributed by atoms with Crippen LogP contribution in [-0.2, 0) is 9.47 Å². The van der Waals surface area contributed by atoms with Crippen LogP contribution >= 0.6 is 0 Å². The molecule has 0 saturated carbocycles. The highest BCUT2D eigenvalue weighted by Gasteiger charge is 2.44. The smallest absolute Gasteiger partial charge is 0.410 e. The molecule has 0 N–H and O–H groups in total. The molecule has 3 aromatic rings. The zero-order valence-corrected chi connectivity index (χ0v) is 18.9. The van der Waals surface area contributed by atoms with Gasteiger partial charge in [0.2, 0.25) is 0 Å². The molecule has 2 unspecified atom stereocenters. The van der Waals surface area contributed by atoms with Crippen LogP contribution in [0, 0.1) is 5.92 Å². The van der Waals surface area contributed by atoms with Crippen LogP contribution in [0.3, 0.4) is 0 Å². The summed E-state index contributed by atoms with van der Waals surface area (Å²) in [6.45, 7) is 1.19. The van der Waals surface area contributed by atoms with Gasteiger partial charge in [-0.15, -0.1) is 0 Å². The number of hydrogen-bond acceptors (Lipinski definition) is 4. The predicted molar refractivity (Wildman–Crippen MR) is 129 cm³/mol. The quantitative estimate of drug-likeness (QED) is 0.503. The number of hydrogen-bond donors (Lipinski definition) is 0. The van der Waals surface area contributed by atoms with Crippen LogP contribution in [0.1, 0.15) is 40.2 Å². The molecule has 5 heteroatoms. The van der Waals surface area contributed by atoms with E-state index >= 15 is 0 Å². The number of fused-ring (bicyclic) bond motifs is 5. The Morgan fingerprint density at radius 1 is 0.794 bits per heavy atom. The number of amides is 1. The summed E-state index contributed by atoms with van der Waals surface area (Å²) in [6.07, 6.45) is 0.911. The minimum absolute atomic E-state index is 0.0321. The Morgan fingerprint density at radius 2 is 1.35 bits per heavy atom. The van der Waals surface area contributed by atoms with E-state index in [1.165, 1.54) is 22.3 Å². The van der Waals surface area contributed by atoms with Gasteiger partial charge in [0.25, 0.3) is 0 Å². The van der Waals surface area contributed by atoms with Crippen LogP contribution in [0.2, 0.25) is 0 Å². The fraction of sp³-hybridized carbons (Fsp3) is 0.310. The van der Waals surface area contributed by atoms with Gasteiger partial charge in [-0.2, -0.15) is 0 Å². The van der Waals surface area contributed by atoms with Crippen molar-refractivity contribution in [1.82, 2.24) is 4.90 Å². The summed E-state index contributed by atoms with van der Waals surface area (Å²) < 4.78 is 11.7. The van der Waals surface area contributed by atoms with Crippen molar-refractivity contribution < 1.29 is 19.1 Å². The number of piperidine rings is 1. The zero-order valence-electron chi connectivity index (χ0n) is 18.9. The van der Waals surface area contributed by atoms with Crippen LogP contribution in [-0.4, -0.2) is 48.7 Å². The highest BCUT2D eigenvalue weighted by molar-refractivity contribution is 5.98. The highest BCUT2D eigenvalue weighted by atomic mass is 16.6. The van der Waals surface area contributed by atoms with E-state index in [1.807, 2.05) is 59.5 Å². The zero-order chi connectivity index (χ0) is 23.1. The van der Waals surface area contributed by atoms with Gasteiger partial charge in [0.05, 0.1) is 25.3 Å². The Kier molecular flexibility index (Phi) is 5.42. The van der Waals surface area contributed by atoms with E-state index in [4.69, 9.17) is 9.47 Å². The van der Waals surface area contributed by atoms with Crippen molar-refractivity contribution in [1.29, 1.82) is 0 Å². The standard InChI is InChI=1S/C29H27NO4/c31-28(19-8-2-1-3-9-19)20-14-21-16-33-17-22(15-20)30(21)29(32)34-18-27-25-12-6-4-10-23(25)24-11-5-7-13-26(24)27/h1-13,20-22,27H,14-18H2. The third-order valence-electron chi connectivity index (χ3n) is 7.50. The molecular formula is C29H27NO4. The molecule has 1 amide bonds. The van der Waals surface area contributed by atoms with Gasteiger partial charge in [0.1, 0.15) is 6.61 Å². The number of Topliss-reactive ketones (excluding diaryl/α,β-unsaturated/α-hetero) is 1. The first kappa shape index (κ1) is 21.1. The van der Waals surface area contributed by atoms with Crippen LogP contribution < -0.4 is 0 Å². The summed E-state index contributed by atoms with van der Waals surface area (Å²) in [5.74, 6) is 0.0910. The lowest BCUT2D eigenvalue weighted by Crippen LogP contribution is -2.60. The summed E-state index contributed by atoms with van der Waals surface area (Å²) in [6, 6.07) is 25.8. The Balaban J connectivity index is 1.17. The molecule has 5 nitrogen and oxygen atoms in total. The average Bonchev–Trinajstić information content (AvgIpc) is 3.20. The second-order valence-corrected chi connectivity index (χ2v) is 9.45. The molecular weight excluding hydrogens is 426 g/mol. The number of benzene rings is 3.